The number of thiophene rings is 1. The Balaban J connectivity index is 1.82. The zero-order chi connectivity index (χ0) is 12.8. The summed E-state index contributed by atoms with van der Waals surface area (Å²) in [5.41, 5.74) is 0. The van der Waals surface area contributed by atoms with E-state index in [-0.39, 0.29) is 0 Å². The molecule has 1 N–H and O–H groups in total. The van der Waals surface area contributed by atoms with Gasteiger partial charge in [0.25, 0.3) is 0 Å². The highest BCUT2D eigenvalue weighted by atomic mass is 32.1. The van der Waals surface area contributed by atoms with Crippen LogP contribution in [-0.4, -0.2) is 49.6 Å². The van der Waals surface area contributed by atoms with Crippen LogP contribution in [0, 0.1) is 0 Å². The van der Waals surface area contributed by atoms with Crippen LogP contribution in [0.25, 0.3) is 0 Å². The molecule has 0 saturated carbocycles. The summed E-state index contributed by atoms with van der Waals surface area (Å²) in [6.07, 6.45) is 1.30. The van der Waals surface area contributed by atoms with Gasteiger partial charge in [-0.1, -0.05) is 6.92 Å². The molecule has 0 atom stereocenters. The molecule has 1 aliphatic rings. The van der Waals surface area contributed by atoms with Crippen LogP contribution < -0.4 is 5.32 Å². The van der Waals surface area contributed by atoms with Gasteiger partial charge in [0.2, 0.25) is 0 Å². The lowest BCUT2D eigenvalue weighted by atomic mass is 10.3. The zero-order valence-electron chi connectivity index (χ0n) is 11.6. The molecule has 0 bridgehead atoms. The van der Waals surface area contributed by atoms with Gasteiger partial charge in [0.15, 0.2) is 0 Å². The van der Waals surface area contributed by atoms with Crippen molar-refractivity contribution >= 4 is 11.3 Å². The van der Waals surface area contributed by atoms with E-state index in [0.717, 1.165) is 19.6 Å². The first kappa shape index (κ1) is 14.0. The van der Waals surface area contributed by atoms with Crippen molar-refractivity contribution in [2.75, 3.05) is 39.8 Å². The Morgan fingerprint density at radius 2 is 2.00 bits per heavy atom. The van der Waals surface area contributed by atoms with E-state index < -0.39 is 0 Å². The molecule has 4 heteroatoms. The van der Waals surface area contributed by atoms with Crippen molar-refractivity contribution in [1.82, 2.24) is 15.1 Å². The molecular weight excluding hydrogens is 242 g/mol. The molecule has 102 valence electrons. The molecular formula is C14H25N3S. The molecule has 1 aromatic heterocycles. The molecule has 0 spiro atoms. The minimum absolute atomic E-state index is 1.02. The highest BCUT2D eigenvalue weighted by Crippen LogP contribution is 2.19. The van der Waals surface area contributed by atoms with Crippen LogP contribution in [0.1, 0.15) is 23.1 Å². The number of hydrogen-bond donors (Lipinski definition) is 1. The average molecular weight is 267 g/mol. The quantitative estimate of drug-likeness (QED) is 0.880. The molecule has 1 aromatic rings. The Bertz CT molecular complexity index is 351. The van der Waals surface area contributed by atoms with Gasteiger partial charge in [-0.15, -0.1) is 11.3 Å². The number of nitrogens with one attached hydrogen (secondary N) is 1. The number of hydrogen-bond acceptors (Lipinski definition) is 4. The predicted molar refractivity (Wildman–Crippen MR) is 79.1 cm³/mol. The van der Waals surface area contributed by atoms with E-state index in [9.17, 15) is 0 Å². The maximum absolute atomic E-state index is 3.39. The molecule has 1 fully saturated rings. The highest BCUT2D eigenvalue weighted by molar-refractivity contribution is 7.11. The third-order valence-corrected chi connectivity index (χ3v) is 4.53. The lowest BCUT2D eigenvalue weighted by Gasteiger charge is -2.18. The van der Waals surface area contributed by atoms with Crippen molar-refractivity contribution in [3.63, 3.8) is 0 Å². The lowest BCUT2D eigenvalue weighted by Crippen LogP contribution is -2.28. The SMILES string of the molecule is CCNCc1ccc(CN2CCCN(C)CC2)s1. The smallest absolute Gasteiger partial charge is 0.0328 e. The molecule has 0 amide bonds. The number of nitrogens with zero attached hydrogens (tertiary/aromatic N) is 2. The summed E-state index contributed by atoms with van der Waals surface area (Å²) in [6, 6.07) is 4.57. The molecule has 1 saturated heterocycles. The fraction of sp³-hybridized carbons (Fsp3) is 0.714. The summed E-state index contributed by atoms with van der Waals surface area (Å²) >= 11 is 1.96. The zero-order valence-corrected chi connectivity index (χ0v) is 12.4. The second kappa shape index (κ2) is 7.24. The lowest BCUT2D eigenvalue weighted by molar-refractivity contribution is 0.271. The minimum atomic E-state index is 1.02. The van der Waals surface area contributed by atoms with E-state index in [4.69, 9.17) is 0 Å². The highest BCUT2D eigenvalue weighted by Gasteiger charge is 2.13. The van der Waals surface area contributed by atoms with Gasteiger partial charge in [0.05, 0.1) is 0 Å². The molecule has 1 aliphatic heterocycles. The third kappa shape index (κ3) is 4.35. The van der Waals surface area contributed by atoms with Crippen LogP contribution in [0.3, 0.4) is 0 Å². The van der Waals surface area contributed by atoms with Crippen LogP contribution in [0.2, 0.25) is 0 Å². The van der Waals surface area contributed by atoms with Gasteiger partial charge in [-0.2, -0.15) is 0 Å². The minimum Gasteiger partial charge on any atom is -0.312 e. The summed E-state index contributed by atoms with van der Waals surface area (Å²) < 4.78 is 0. The van der Waals surface area contributed by atoms with Gasteiger partial charge in [-0.3, -0.25) is 4.90 Å². The van der Waals surface area contributed by atoms with Gasteiger partial charge in [-0.25, -0.2) is 0 Å². The van der Waals surface area contributed by atoms with Gasteiger partial charge in [0, 0.05) is 35.9 Å². The Hall–Kier alpha value is -0.420. The topological polar surface area (TPSA) is 18.5 Å². The molecule has 0 aliphatic carbocycles. The summed E-state index contributed by atoms with van der Waals surface area (Å²) in [6.45, 7) is 10.2. The molecule has 0 radical (unpaired) electrons. The maximum atomic E-state index is 3.39. The van der Waals surface area contributed by atoms with Crippen molar-refractivity contribution in [3.05, 3.63) is 21.9 Å². The van der Waals surface area contributed by atoms with E-state index in [1.165, 1.54) is 42.4 Å². The first-order valence-electron chi connectivity index (χ1n) is 6.97. The van der Waals surface area contributed by atoms with Crippen molar-refractivity contribution in [2.24, 2.45) is 0 Å². The Labute approximate surface area is 115 Å². The second-order valence-electron chi connectivity index (χ2n) is 5.08. The van der Waals surface area contributed by atoms with Crippen LogP contribution in [-0.2, 0) is 13.1 Å². The van der Waals surface area contributed by atoms with Crippen LogP contribution in [0.4, 0.5) is 0 Å². The van der Waals surface area contributed by atoms with Crippen molar-refractivity contribution in [3.8, 4) is 0 Å². The first-order chi connectivity index (χ1) is 8.78. The van der Waals surface area contributed by atoms with E-state index >= 15 is 0 Å². The fourth-order valence-corrected chi connectivity index (χ4v) is 3.36. The Morgan fingerprint density at radius 1 is 1.17 bits per heavy atom. The van der Waals surface area contributed by atoms with E-state index in [1.54, 1.807) is 0 Å². The van der Waals surface area contributed by atoms with Crippen molar-refractivity contribution in [2.45, 2.75) is 26.4 Å². The monoisotopic (exact) mass is 267 g/mol. The van der Waals surface area contributed by atoms with E-state index in [2.05, 4.69) is 41.2 Å². The van der Waals surface area contributed by atoms with Gasteiger partial charge in [-0.05, 0) is 45.2 Å². The van der Waals surface area contributed by atoms with E-state index in [0.29, 0.717) is 0 Å². The predicted octanol–water partition coefficient (Wildman–Crippen LogP) is 2.00. The average Bonchev–Trinajstić information content (AvgIpc) is 2.70. The van der Waals surface area contributed by atoms with Gasteiger partial charge in [0.1, 0.15) is 0 Å². The van der Waals surface area contributed by atoms with Crippen molar-refractivity contribution in [1.29, 1.82) is 0 Å². The second-order valence-corrected chi connectivity index (χ2v) is 6.33. The largest absolute Gasteiger partial charge is 0.312 e. The first-order valence-corrected chi connectivity index (χ1v) is 7.79. The van der Waals surface area contributed by atoms with Crippen LogP contribution >= 0.6 is 11.3 Å². The Morgan fingerprint density at radius 3 is 2.83 bits per heavy atom. The molecule has 3 nitrogen and oxygen atoms in total. The van der Waals surface area contributed by atoms with Crippen LogP contribution in [0.5, 0.6) is 0 Å². The maximum Gasteiger partial charge on any atom is 0.0328 e. The summed E-state index contributed by atoms with van der Waals surface area (Å²) in [5, 5.41) is 3.39. The fourth-order valence-electron chi connectivity index (χ4n) is 2.33. The molecule has 0 aromatic carbocycles. The van der Waals surface area contributed by atoms with E-state index in [1.807, 2.05) is 11.3 Å². The molecule has 2 heterocycles. The van der Waals surface area contributed by atoms with Crippen molar-refractivity contribution < 1.29 is 0 Å². The summed E-state index contributed by atoms with van der Waals surface area (Å²) in [5.74, 6) is 0. The van der Waals surface area contributed by atoms with Crippen LogP contribution in [0.15, 0.2) is 12.1 Å². The number of rotatable bonds is 5. The summed E-state index contributed by atoms with van der Waals surface area (Å²) in [4.78, 5) is 7.99. The molecule has 2 rings (SSSR count). The normalized spacial score (nSPS) is 19.0. The third-order valence-electron chi connectivity index (χ3n) is 3.46. The van der Waals surface area contributed by atoms with Gasteiger partial charge < -0.3 is 10.2 Å². The van der Waals surface area contributed by atoms with Gasteiger partial charge >= 0.3 is 0 Å². The molecule has 0 unspecified atom stereocenters. The summed E-state index contributed by atoms with van der Waals surface area (Å²) in [7, 11) is 2.23. The number of likely N-dealkylation sites (N-methyl/N-ethyl adjacent to an activating group) is 1. The standard InChI is InChI=1S/C14H25N3S/c1-3-15-11-13-5-6-14(18-13)12-17-8-4-7-16(2)9-10-17/h5-6,15H,3-4,7-12H2,1-2H3. The molecule has 18 heavy (non-hydrogen) atoms. The Kier molecular flexibility index (Phi) is 5.63.